The van der Waals surface area contributed by atoms with Crippen LogP contribution in [0.2, 0.25) is 0 Å². The number of aryl methyl sites for hydroxylation is 1. The summed E-state index contributed by atoms with van der Waals surface area (Å²) in [6.07, 6.45) is 5.60. The standard InChI is InChI=1S/C19H23BrN2O2/c20-14-5-6-15-13(10-14)4-7-17(15)21-19(24)16(12-2-3-12)11-18(23)22-8-1-9-22/h5-6,10,12,16-17H,1-4,7-9,11H2,(H,21,24)/t16-,17-/m1/s1. The number of hydrogen-bond donors (Lipinski definition) is 1. The lowest BCUT2D eigenvalue weighted by Crippen LogP contribution is -2.44. The molecule has 0 spiro atoms. The van der Waals surface area contributed by atoms with E-state index >= 15 is 0 Å². The molecule has 2 atom stereocenters. The summed E-state index contributed by atoms with van der Waals surface area (Å²) >= 11 is 3.51. The summed E-state index contributed by atoms with van der Waals surface area (Å²) in [7, 11) is 0. The van der Waals surface area contributed by atoms with Gasteiger partial charge in [0.25, 0.3) is 0 Å². The molecule has 128 valence electrons. The van der Waals surface area contributed by atoms with Gasteiger partial charge in [-0.25, -0.2) is 0 Å². The van der Waals surface area contributed by atoms with Gasteiger partial charge in [0.1, 0.15) is 0 Å². The van der Waals surface area contributed by atoms with Crippen LogP contribution < -0.4 is 5.32 Å². The molecule has 0 aromatic heterocycles. The predicted octanol–water partition coefficient (Wildman–Crippen LogP) is 3.20. The summed E-state index contributed by atoms with van der Waals surface area (Å²) in [5, 5.41) is 3.23. The second kappa shape index (κ2) is 6.51. The van der Waals surface area contributed by atoms with Crippen molar-refractivity contribution in [1.29, 1.82) is 0 Å². The van der Waals surface area contributed by atoms with Crippen LogP contribution in [0.3, 0.4) is 0 Å². The summed E-state index contributed by atoms with van der Waals surface area (Å²) < 4.78 is 1.09. The molecule has 2 fully saturated rings. The van der Waals surface area contributed by atoms with Gasteiger partial charge in [0, 0.05) is 29.9 Å². The van der Waals surface area contributed by atoms with Gasteiger partial charge in [0.2, 0.25) is 11.8 Å². The van der Waals surface area contributed by atoms with E-state index in [0.29, 0.717) is 12.3 Å². The lowest BCUT2D eigenvalue weighted by molar-refractivity contribution is -0.139. The van der Waals surface area contributed by atoms with Crippen LogP contribution in [-0.4, -0.2) is 29.8 Å². The van der Waals surface area contributed by atoms with Gasteiger partial charge >= 0.3 is 0 Å². The first-order chi connectivity index (χ1) is 11.6. The van der Waals surface area contributed by atoms with Crippen LogP contribution in [0, 0.1) is 11.8 Å². The summed E-state index contributed by atoms with van der Waals surface area (Å²) in [5.41, 5.74) is 2.55. The van der Waals surface area contributed by atoms with Crippen molar-refractivity contribution in [2.75, 3.05) is 13.1 Å². The fourth-order valence-electron chi connectivity index (χ4n) is 3.87. The Morgan fingerprint density at radius 1 is 1.25 bits per heavy atom. The van der Waals surface area contributed by atoms with E-state index in [1.165, 1.54) is 11.1 Å². The van der Waals surface area contributed by atoms with E-state index in [1.807, 2.05) is 11.0 Å². The van der Waals surface area contributed by atoms with E-state index in [0.717, 1.165) is 49.7 Å². The highest BCUT2D eigenvalue weighted by molar-refractivity contribution is 9.10. The highest BCUT2D eigenvalue weighted by Crippen LogP contribution is 2.40. The van der Waals surface area contributed by atoms with Crippen LogP contribution in [0.4, 0.5) is 0 Å². The van der Waals surface area contributed by atoms with Gasteiger partial charge in [-0.2, -0.15) is 0 Å². The molecule has 1 heterocycles. The van der Waals surface area contributed by atoms with Crippen LogP contribution in [0.25, 0.3) is 0 Å². The summed E-state index contributed by atoms with van der Waals surface area (Å²) in [4.78, 5) is 27.0. The maximum absolute atomic E-state index is 12.8. The third kappa shape index (κ3) is 3.23. The van der Waals surface area contributed by atoms with Gasteiger partial charge in [-0.05, 0) is 61.3 Å². The number of hydrogen-bond acceptors (Lipinski definition) is 2. The Morgan fingerprint density at radius 3 is 2.71 bits per heavy atom. The van der Waals surface area contributed by atoms with E-state index < -0.39 is 0 Å². The first kappa shape index (κ1) is 16.1. The zero-order chi connectivity index (χ0) is 16.7. The van der Waals surface area contributed by atoms with Crippen LogP contribution in [0.15, 0.2) is 22.7 Å². The molecule has 5 heteroatoms. The van der Waals surface area contributed by atoms with Crippen LogP contribution in [-0.2, 0) is 16.0 Å². The van der Waals surface area contributed by atoms with E-state index in [9.17, 15) is 9.59 Å². The maximum atomic E-state index is 12.8. The zero-order valence-electron chi connectivity index (χ0n) is 13.8. The van der Waals surface area contributed by atoms with Gasteiger partial charge in [0.15, 0.2) is 0 Å². The quantitative estimate of drug-likeness (QED) is 0.838. The fourth-order valence-corrected chi connectivity index (χ4v) is 4.28. The Hall–Kier alpha value is -1.36. The molecule has 1 N–H and O–H groups in total. The molecule has 1 aromatic carbocycles. The summed E-state index contributed by atoms with van der Waals surface area (Å²) in [5.74, 6) is 0.495. The fraction of sp³-hybridized carbons (Fsp3) is 0.579. The number of fused-ring (bicyclic) bond motifs is 1. The van der Waals surface area contributed by atoms with Gasteiger partial charge in [-0.3, -0.25) is 9.59 Å². The van der Waals surface area contributed by atoms with Crippen molar-refractivity contribution in [2.24, 2.45) is 11.8 Å². The molecule has 1 aromatic rings. The molecule has 1 saturated carbocycles. The Labute approximate surface area is 151 Å². The minimum Gasteiger partial charge on any atom is -0.349 e. The maximum Gasteiger partial charge on any atom is 0.224 e. The van der Waals surface area contributed by atoms with Crippen molar-refractivity contribution >= 4 is 27.7 Å². The Kier molecular flexibility index (Phi) is 4.37. The number of halogens is 1. The van der Waals surface area contributed by atoms with Crippen molar-refractivity contribution in [3.63, 3.8) is 0 Å². The number of benzene rings is 1. The molecule has 0 radical (unpaired) electrons. The highest BCUT2D eigenvalue weighted by Gasteiger charge is 2.40. The molecule has 4 rings (SSSR count). The van der Waals surface area contributed by atoms with Crippen LogP contribution in [0.5, 0.6) is 0 Å². The first-order valence-electron chi connectivity index (χ1n) is 8.98. The van der Waals surface area contributed by atoms with Crippen LogP contribution in [0.1, 0.15) is 49.3 Å². The van der Waals surface area contributed by atoms with Crippen molar-refractivity contribution in [1.82, 2.24) is 10.2 Å². The average molecular weight is 391 g/mol. The topological polar surface area (TPSA) is 49.4 Å². The van der Waals surface area contributed by atoms with Gasteiger partial charge < -0.3 is 10.2 Å². The van der Waals surface area contributed by atoms with E-state index in [4.69, 9.17) is 0 Å². The Balaban J connectivity index is 1.42. The molecule has 2 amide bonds. The molecule has 3 aliphatic rings. The number of amides is 2. The SMILES string of the molecule is O=C(N[C@@H]1CCc2cc(Br)ccc21)[C@H](CC(=O)N1CCC1)C1CC1. The summed E-state index contributed by atoms with van der Waals surface area (Å²) in [6, 6.07) is 6.39. The smallest absolute Gasteiger partial charge is 0.224 e. The summed E-state index contributed by atoms with van der Waals surface area (Å²) in [6.45, 7) is 1.73. The second-order valence-corrected chi connectivity index (χ2v) is 8.24. The van der Waals surface area contributed by atoms with E-state index in [-0.39, 0.29) is 23.8 Å². The minimum atomic E-state index is -0.141. The van der Waals surface area contributed by atoms with Crippen molar-refractivity contribution in [3.8, 4) is 0 Å². The predicted molar refractivity (Wildman–Crippen MR) is 95.4 cm³/mol. The lowest BCUT2D eigenvalue weighted by atomic mass is 9.96. The number of likely N-dealkylation sites (tertiary alicyclic amines) is 1. The molecule has 4 nitrogen and oxygen atoms in total. The third-order valence-corrected chi connectivity index (χ3v) is 6.12. The van der Waals surface area contributed by atoms with Crippen molar-refractivity contribution in [3.05, 3.63) is 33.8 Å². The molecule has 1 saturated heterocycles. The van der Waals surface area contributed by atoms with Crippen LogP contribution >= 0.6 is 15.9 Å². The number of nitrogens with zero attached hydrogens (tertiary/aromatic N) is 1. The van der Waals surface area contributed by atoms with Crippen molar-refractivity contribution < 1.29 is 9.59 Å². The van der Waals surface area contributed by atoms with E-state index in [1.54, 1.807) is 0 Å². The number of carbonyl (C=O) groups is 2. The molecule has 1 aliphatic heterocycles. The third-order valence-electron chi connectivity index (χ3n) is 5.63. The first-order valence-corrected chi connectivity index (χ1v) is 9.77. The monoisotopic (exact) mass is 390 g/mol. The molecule has 0 unspecified atom stereocenters. The average Bonchev–Trinajstić information content (AvgIpc) is 3.26. The zero-order valence-corrected chi connectivity index (χ0v) is 15.3. The largest absolute Gasteiger partial charge is 0.349 e. The minimum absolute atomic E-state index is 0.0761. The molecular formula is C19H23BrN2O2. The Morgan fingerprint density at radius 2 is 2.04 bits per heavy atom. The number of rotatable bonds is 5. The van der Waals surface area contributed by atoms with E-state index in [2.05, 4.69) is 33.4 Å². The molecule has 24 heavy (non-hydrogen) atoms. The Bertz CT molecular complexity index is 667. The van der Waals surface area contributed by atoms with Gasteiger partial charge in [-0.1, -0.05) is 22.0 Å². The van der Waals surface area contributed by atoms with Gasteiger partial charge in [-0.15, -0.1) is 0 Å². The highest BCUT2D eigenvalue weighted by atomic mass is 79.9. The second-order valence-electron chi connectivity index (χ2n) is 7.33. The molecule has 0 bridgehead atoms. The number of nitrogens with one attached hydrogen (secondary N) is 1. The van der Waals surface area contributed by atoms with Crippen molar-refractivity contribution in [2.45, 2.75) is 44.6 Å². The normalized spacial score (nSPS) is 23.4. The molecule has 2 aliphatic carbocycles. The lowest BCUT2D eigenvalue weighted by Gasteiger charge is -2.32. The number of carbonyl (C=O) groups excluding carboxylic acids is 2. The van der Waals surface area contributed by atoms with Gasteiger partial charge in [0.05, 0.1) is 6.04 Å². The molecular weight excluding hydrogens is 368 g/mol.